The average molecular weight is 448 g/mol. The Bertz CT molecular complexity index is 1030. The Hall–Kier alpha value is -3.12. The topological polar surface area (TPSA) is 56.6 Å². The van der Waals surface area contributed by atoms with Gasteiger partial charge in [-0.25, -0.2) is 0 Å². The third-order valence-corrected chi connectivity index (χ3v) is 5.97. The average Bonchev–Trinajstić information content (AvgIpc) is 3.34. The Morgan fingerprint density at radius 2 is 1.97 bits per heavy atom. The lowest BCUT2D eigenvalue weighted by atomic mass is 9.99. The van der Waals surface area contributed by atoms with Crippen LogP contribution in [-0.4, -0.2) is 47.0 Å². The summed E-state index contributed by atoms with van der Waals surface area (Å²) in [5.41, 5.74) is 4.86. The standard InChI is InChI=1S/C27H33N3O3/c1-2-22-9-10-26-25(19-22)20-23-6-3-7-24(18-23)21-29(14-15-32-16-17-33-26)27(31)8-4-12-30-13-5-11-28-30/h3,5-7,9-11,13,18-19H,2,4,8,12,14-17,20-21H2,1H3. The van der Waals surface area contributed by atoms with E-state index in [1.807, 2.05) is 21.8 Å². The molecule has 1 amide bonds. The minimum absolute atomic E-state index is 0.150. The normalized spacial score (nSPS) is 14.8. The molecule has 2 heterocycles. The molecule has 1 aliphatic heterocycles. The van der Waals surface area contributed by atoms with Crippen molar-refractivity contribution in [1.82, 2.24) is 14.7 Å². The van der Waals surface area contributed by atoms with Crippen LogP contribution in [0.1, 0.15) is 42.0 Å². The van der Waals surface area contributed by atoms with Crippen molar-refractivity contribution < 1.29 is 14.3 Å². The lowest BCUT2D eigenvalue weighted by Crippen LogP contribution is -2.34. The van der Waals surface area contributed by atoms with Crippen LogP contribution in [0.5, 0.6) is 5.75 Å². The monoisotopic (exact) mass is 447 g/mol. The van der Waals surface area contributed by atoms with Gasteiger partial charge in [-0.2, -0.15) is 5.10 Å². The minimum Gasteiger partial charge on any atom is -0.491 e. The fraction of sp³-hybridized carbons (Fsp3) is 0.407. The Balaban J connectivity index is 1.48. The molecule has 6 heteroatoms. The van der Waals surface area contributed by atoms with Gasteiger partial charge in [-0.05, 0) is 47.2 Å². The van der Waals surface area contributed by atoms with Gasteiger partial charge < -0.3 is 14.4 Å². The molecule has 0 unspecified atom stereocenters. The second-order valence-electron chi connectivity index (χ2n) is 8.44. The van der Waals surface area contributed by atoms with E-state index in [9.17, 15) is 4.79 Å². The number of hydrogen-bond acceptors (Lipinski definition) is 4. The molecule has 0 spiro atoms. The van der Waals surface area contributed by atoms with E-state index in [0.29, 0.717) is 39.3 Å². The van der Waals surface area contributed by atoms with E-state index in [4.69, 9.17) is 9.47 Å². The number of hydrogen-bond donors (Lipinski definition) is 0. The largest absolute Gasteiger partial charge is 0.491 e. The summed E-state index contributed by atoms with van der Waals surface area (Å²) in [4.78, 5) is 14.9. The van der Waals surface area contributed by atoms with Crippen LogP contribution >= 0.6 is 0 Å². The Morgan fingerprint density at radius 3 is 2.82 bits per heavy atom. The second-order valence-corrected chi connectivity index (χ2v) is 8.44. The summed E-state index contributed by atoms with van der Waals surface area (Å²) in [6, 6.07) is 16.9. The van der Waals surface area contributed by atoms with Crippen molar-refractivity contribution in [3.05, 3.63) is 83.2 Å². The quantitative estimate of drug-likeness (QED) is 0.587. The van der Waals surface area contributed by atoms with Crippen LogP contribution < -0.4 is 4.74 Å². The molecule has 2 aromatic carbocycles. The van der Waals surface area contributed by atoms with E-state index in [-0.39, 0.29) is 5.91 Å². The second kappa shape index (κ2) is 11.7. The number of amides is 1. The number of nitrogens with zero attached hydrogens (tertiary/aromatic N) is 3. The first-order valence-corrected chi connectivity index (χ1v) is 11.9. The van der Waals surface area contributed by atoms with Gasteiger partial charge in [0.25, 0.3) is 0 Å². The number of carbonyl (C=O) groups excluding carboxylic acids is 1. The van der Waals surface area contributed by atoms with E-state index < -0.39 is 0 Å². The molecule has 4 rings (SSSR count). The van der Waals surface area contributed by atoms with Gasteiger partial charge in [-0.15, -0.1) is 0 Å². The van der Waals surface area contributed by atoms with Crippen LogP contribution in [0, 0.1) is 0 Å². The number of aryl methyl sites for hydroxylation is 2. The van der Waals surface area contributed by atoms with Crippen molar-refractivity contribution in [2.75, 3.05) is 26.4 Å². The van der Waals surface area contributed by atoms with Crippen molar-refractivity contribution in [2.24, 2.45) is 0 Å². The number of carbonyl (C=O) groups is 1. The minimum atomic E-state index is 0.150. The van der Waals surface area contributed by atoms with Crippen LogP contribution in [-0.2, 0) is 35.5 Å². The zero-order chi connectivity index (χ0) is 22.9. The van der Waals surface area contributed by atoms with Crippen molar-refractivity contribution >= 4 is 5.91 Å². The maximum atomic E-state index is 13.0. The SMILES string of the molecule is CCc1ccc2c(c1)Cc1cccc(c1)CN(C(=O)CCCn1cccn1)CCOCCO2. The van der Waals surface area contributed by atoms with Gasteiger partial charge in [0.05, 0.1) is 13.2 Å². The zero-order valence-electron chi connectivity index (χ0n) is 19.4. The van der Waals surface area contributed by atoms with Gasteiger partial charge >= 0.3 is 0 Å². The molecule has 0 atom stereocenters. The Labute approximate surface area is 196 Å². The third-order valence-electron chi connectivity index (χ3n) is 5.97. The first-order chi connectivity index (χ1) is 16.2. The maximum absolute atomic E-state index is 13.0. The van der Waals surface area contributed by atoms with Crippen molar-refractivity contribution in [2.45, 2.75) is 45.7 Å². The van der Waals surface area contributed by atoms with Gasteiger partial charge in [-0.1, -0.05) is 43.3 Å². The molecule has 0 radical (unpaired) electrons. The highest BCUT2D eigenvalue weighted by molar-refractivity contribution is 5.76. The van der Waals surface area contributed by atoms with E-state index >= 15 is 0 Å². The highest BCUT2D eigenvalue weighted by Gasteiger charge is 2.15. The summed E-state index contributed by atoms with van der Waals surface area (Å²) in [6.45, 7) is 5.57. The summed E-state index contributed by atoms with van der Waals surface area (Å²) in [6.07, 6.45) is 6.75. The molecule has 2 bridgehead atoms. The predicted molar refractivity (Wildman–Crippen MR) is 128 cm³/mol. The van der Waals surface area contributed by atoms with Crippen LogP contribution in [0.4, 0.5) is 0 Å². The fourth-order valence-electron chi connectivity index (χ4n) is 4.17. The van der Waals surface area contributed by atoms with Crippen molar-refractivity contribution in [3.8, 4) is 5.75 Å². The molecule has 6 nitrogen and oxygen atoms in total. The molecule has 3 aromatic rings. The summed E-state index contributed by atoms with van der Waals surface area (Å²) >= 11 is 0. The number of aromatic nitrogens is 2. The van der Waals surface area contributed by atoms with Gasteiger partial charge in [0, 0.05) is 44.9 Å². The third kappa shape index (κ3) is 6.68. The van der Waals surface area contributed by atoms with Crippen molar-refractivity contribution in [3.63, 3.8) is 0 Å². The predicted octanol–water partition coefficient (Wildman–Crippen LogP) is 4.25. The van der Waals surface area contributed by atoms with Crippen LogP contribution in [0.2, 0.25) is 0 Å². The van der Waals surface area contributed by atoms with Crippen molar-refractivity contribution in [1.29, 1.82) is 0 Å². The molecule has 0 saturated heterocycles. The molecule has 0 N–H and O–H groups in total. The first-order valence-electron chi connectivity index (χ1n) is 11.9. The molecule has 0 aliphatic carbocycles. The summed E-state index contributed by atoms with van der Waals surface area (Å²) in [5, 5.41) is 4.22. The van der Waals surface area contributed by atoms with Crippen LogP contribution in [0.3, 0.4) is 0 Å². The van der Waals surface area contributed by atoms with E-state index in [1.54, 1.807) is 6.20 Å². The molecule has 33 heavy (non-hydrogen) atoms. The van der Waals surface area contributed by atoms with Crippen LogP contribution in [0.25, 0.3) is 0 Å². The molecule has 0 saturated carbocycles. The highest BCUT2D eigenvalue weighted by Crippen LogP contribution is 2.25. The zero-order valence-corrected chi connectivity index (χ0v) is 19.4. The molecule has 174 valence electrons. The van der Waals surface area contributed by atoms with Crippen LogP contribution in [0.15, 0.2) is 60.9 Å². The van der Waals surface area contributed by atoms with Gasteiger partial charge in [-0.3, -0.25) is 9.48 Å². The smallest absolute Gasteiger partial charge is 0.223 e. The van der Waals surface area contributed by atoms with Gasteiger partial charge in [0.15, 0.2) is 0 Å². The number of ether oxygens (including phenoxy) is 2. The molecular formula is C27H33N3O3. The molecule has 1 aromatic heterocycles. The summed E-state index contributed by atoms with van der Waals surface area (Å²) in [5.74, 6) is 1.07. The molecule has 0 fully saturated rings. The molecule has 1 aliphatic rings. The maximum Gasteiger partial charge on any atom is 0.223 e. The first kappa shape index (κ1) is 23.1. The van der Waals surface area contributed by atoms with E-state index in [0.717, 1.165) is 37.1 Å². The van der Waals surface area contributed by atoms with Gasteiger partial charge in [0.2, 0.25) is 5.91 Å². The highest BCUT2D eigenvalue weighted by atomic mass is 16.5. The number of fused-ring (bicyclic) bond motifs is 3. The van der Waals surface area contributed by atoms with Gasteiger partial charge in [0.1, 0.15) is 12.4 Å². The fourth-order valence-corrected chi connectivity index (χ4v) is 4.17. The lowest BCUT2D eigenvalue weighted by molar-refractivity contribution is -0.132. The summed E-state index contributed by atoms with van der Waals surface area (Å²) < 4.78 is 13.7. The lowest BCUT2D eigenvalue weighted by Gasteiger charge is -2.24. The Kier molecular flexibility index (Phi) is 8.14. The molecular weight excluding hydrogens is 414 g/mol. The van der Waals surface area contributed by atoms with E-state index in [1.165, 1.54) is 16.7 Å². The van der Waals surface area contributed by atoms with E-state index in [2.05, 4.69) is 54.5 Å². The number of benzene rings is 2. The summed E-state index contributed by atoms with van der Waals surface area (Å²) in [7, 11) is 0. The number of rotatable bonds is 5. The Morgan fingerprint density at radius 1 is 1.06 bits per heavy atom.